The Labute approximate surface area is 184 Å². The van der Waals surface area contributed by atoms with E-state index >= 15 is 0 Å². The van der Waals surface area contributed by atoms with E-state index in [9.17, 15) is 9.18 Å². The lowest BCUT2D eigenvalue weighted by Crippen LogP contribution is -2.43. The first-order chi connectivity index (χ1) is 14.5. The first-order valence-corrected chi connectivity index (χ1v) is 11.1. The molecule has 3 aromatic rings. The van der Waals surface area contributed by atoms with Crippen molar-refractivity contribution in [1.82, 2.24) is 19.8 Å². The highest BCUT2D eigenvalue weighted by atomic mass is 79.9. The summed E-state index contributed by atoms with van der Waals surface area (Å²) in [6.07, 6.45) is 3.50. The maximum absolute atomic E-state index is 13.7. The molecule has 2 heterocycles. The summed E-state index contributed by atoms with van der Waals surface area (Å²) >= 11 is 3.48. The monoisotopic (exact) mass is 472 g/mol. The van der Waals surface area contributed by atoms with Crippen molar-refractivity contribution in [3.8, 4) is 0 Å². The summed E-state index contributed by atoms with van der Waals surface area (Å²) in [4.78, 5) is 19.0. The molecule has 0 saturated carbocycles. The Morgan fingerprint density at radius 2 is 1.97 bits per heavy atom. The summed E-state index contributed by atoms with van der Waals surface area (Å²) in [6, 6.07) is 11.7. The van der Waals surface area contributed by atoms with Crippen LogP contribution in [0.4, 0.5) is 4.39 Å². The molecule has 30 heavy (non-hydrogen) atoms. The molecule has 2 aromatic carbocycles. The molecule has 0 radical (unpaired) electrons. The number of aryl methyl sites for hydroxylation is 1. The number of piperidine rings is 1. The molecule has 1 aliphatic heterocycles. The molecule has 1 saturated heterocycles. The van der Waals surface area contributed by atoms with Crippen molar-refractivity contribution < 1.29 is 4.39 Å². The Kier molecular flexibility index (Phi) is 6.61. The standard InChI is InChI=1S/C23H26BrFN4O/c1-16-2-3-17(12-20(16)25)14-26-19-6-8-28(9-7-19)10-11-29-22-13-18(24)4-5-21(22)27-15-23(29)30/h2-5,12-13,15,19,26H,6-11,14H2,1H3. The van der Waals surface area contributed by atoms with Crippen LogP contribution in [0, 0.1) is 12.7 Å². The number of likely N-dealkylation sites (tertiary alicyclic amines) is 1. The van der Waals surface area contributed by atoms with Crippen molar-refractivity contribution >= 4 is 27.0 Å². The van der Waals surface area contributed by atoms with Crippen molar-refractivity contribution in [2.75, 3.05) is 19.6 Å². The lowest BCUT2D eigenvalue weighted by atomic mass is 10.0. The third-order valence-corrected chi connectivity index (χ3v) is 6.36. The maximum atomic E-state index is 13.7. The minimum atomic E-state index is -0.143. The lowest BCUT2D eigenvalue weighted by Gasteiger charge is -2.32. The van der Waals surface area contributed by atoms with Crippen LogP contribution in [0.5, 0.6) is 0 Å². The van der Waals surface area contributed by atoms with Gasteiger partial charge in [-0.25, -0.2) is 9.37 Å². The highest BCUT2D eigenvalue weighted by Crippen LogP contribution is 2.17. The number of nitrogens with zero attached hydrogens (tertiary/aromatic N) is 3. The van der Waals surface area contributed by atoms with E-state index in [1.54, 1.807) is 13.0 Å². The Balaban J connectivity index is 1.30. The molecule has 4 rings (SSSR count). The van der Waals surface area contributed by atoms with Crippen molar-refractivity contribution in [3.05, 3.63) is 74.4 Å². The van der Waals surface area contributed by atoms with Crippen molar-refractivity contribution in [3.63, 3.8) is 0 Å². The summed E-state index contributed by atoms with van der Waals surface area (Å²) in [5, 5.41) is 3.56. The van der Waals surface area contributed by atoms with Gasteiger partial charge in [-0.2, -0.15) is 0 Å². The van der Waals surface area contributed by atoms with Crippen LogP contribution in [0.15, 0.2) is 51.9 Å². The molecule has 5 nitrogen and oxygen atoms in total. The summed E-state index contributed by atoms with van der Waals surface area (Å²) in [7, 11) is 0. The second kappa shape index (κ2) is 9.37. The Hall–Kier alpha value is -2.09. The number of aromatic nitrogens is 2. The quantitative estimate of drug-likeness (QED) is 0.591. The van der Waals surface area contributed by atoms with Gasteiger partial charge in [-0.05, 0) is 68.2 Å². The fraction of sp³-hybridized carbons (Fsp3) is 0.391. The Bertz CT molecular complexity index is 1090. The summed E-state index contributed by atoms with van der Waals surface area (Å²) < 4.78 is 16.5. The van der Waals surface area contributed by atoms with Gasteiger partial charge in [-0.3, -0.25) is 4.79 Å². The van der Waals surface area contributed by atoms with E-state index in [1.165, 1.54) is 6.20 Å². The average Bonchev–Trinajstić information content (AvgIpc) is 2.74. The SMILES string of the molecule is Cc1ccc(CNC2CCN(CCn3c(=O)cnc4ccc(Br)cc43)CC2)cc1F. The Morgan fingerprint density at radius 1 is 1.17 bits per heavy atom. The smallest absolute Gasteiger partial charge is 0.269 e. The summed E-state index contributed by atoms with van der Waals surface area (Å²) in [5.41, 5.74) is 3.28. The first kappa shape index (κ1) is 21.2. The van der Waals surface area contributed by atoms with Gasteiger partial charge in [0.05, 0.1) is 17.2 Å². The summed E-state index contributed by atoms with van der Waals surface area (Å²) in [5.74, 6) is -0.143. The van der Waals surface area contributed by atoms with Crippen molar-refractivity contribution in [2.45, 2.75) is 38.9 Å². The molecular weight excluding hydrogens is 447 g/mol. The van der Waals surface area contributed by atoms with Gasteiger partial charge in [0.1, 0.15) is 5.82 Å². The van der Waals surface area contributed by atoms with E-state index < -0.39 is 0 Å². The summed E-state index contributed by atoms with van der Waals surface area (Å²) in [6.45, 7) is 5.93. The van der Waals surface area contributed by atoms with E-state index in [0.717, 1.165) is 53.5 Å². The van der Waals surface area contributed by atoms with Crippen LogP contribution in [0.3, 0.4) is 0 Å². The van der Waals surface area contributed by atoms with Crippen LogP contribution in [0.2, 0.25) is 0 Å². The normalized spacial score (nSPS) is 15.7. The second-order valence-electron chi connectivity index (χ2n) is 7.96. The van der Waals surface area contributed by atoms with Crippen LogP contribution in [-0.4, -0.2) is 40.1 Å². The van der Waals surface area contributed by atoms with E-state index in [0.29, 0.717) is 24.7 Å². The minimum absolute atomic E-state index is 0.0671. The van der Waals surface area contributed by atoms with Crippen LogP contribution in [-0.2, 0) is 13.1 Å². The van der Waals surface area contributed by atoms with Crippen LogP contribution in [0.1, 0.15) is 24.0 Å². The fourth-order valence-corrected chi connectivity index (χ4v) is 4.33. The first-order valence-electron chi connectivity index (χ1n) is 10.4. The largest absolute Gasteiger partial charge is 0.310 e. The molecule has 1 aromatic heterocycles. The number of benzene rings is 2. The van der Waals surface area contributed by atoms with Gasteiger partial charge in [0.2, 0.25) is 0 Å². The lowest BCUT2D eigenvalue weighted by molar-refractivity contribution is 0.191. The molecule has 7 heteroatoms. The molecule has 0 spiro atoms. The topological polar surface area (TPSA) is 50.2 Å². The number of nitrogens with one attached hydrogen (secondary N) is 1. The van der Waals surface area contributed by atoms with Crippen molar-refractivity contribution in [1.29, 1.82) is 0 Å². The zero-order chi connectivity index (χ0) is 21.1. The van der Waals surface area contributed by atoms with Crippen LogP contribution in [0.25, 0.3) is 11.0 Å². The zero-order valence-corrected chi connectivity index (χ0v) is 18.7. The number of fused-ring (bicyclic) bond motifs is 1. The molecule has 1 aliphatic rings. The van der Waals surface area contributed by atoms with Gasteiger partial charge in [0, 0.05) is 30.1 Å². The molecule has 0 bridgehead atoms. The number of hydrogen-bond donors (Lipinski definition) is 1. The average molecular weight is 473 g/mol. The van der Waals surface area contributed by atoms with E-state index in [1.807, 2.05) is 34.9 Å². The predicted molar refractivity (Wildman–Crippen MR) is 121 cm³/mol. The Morgan fingerprint density at radius 3 is 2.73 bits per heavy atom. The maximum Gasteiger partial charge on any atom is 0.269 e. The highest BCUT2D eigenvalue weighted by Gasteiger charge is 2.19. The fourth-order valence-electron chi connectivity index (χ4n) is 3.98. The van der Waals surface area contributed by atoms with E-state index in [2.05, 4.69) is 31.1 Å². The van der Waals surface area contributed by atoms with Gasteiger partial charge < -0.3 is 14.8 Å². The number of halogens is 2. The van der Waals surface area contributed by atoms with Crippen molar-refractivity contribution in [2.24, 2.45) is 0 Å². The van der Waals surface area contributed by atoms with Gasteiger partial charge in [0.25, 0.3) is 5.56 Å². The molecule has 1 fully saturated rings. The molecule has 158 valence electrons. The van der Waals surface area contributed by atoms with Crippen LogP contribution >= 0.6 is 15.9 Å². The zero-order valence-electron chi connectivity index (χ0n) is 17.1. The third-order valence-electron chi connectivity index (χ3n) is 5.87. The third kappa shape index (κ3) is 4.96. The van der Waals surface area contributed by atoms with Gasteiger partial charge in [-0.1, -0.05) is 28.1 Å². The number of rotatable bonds is 6. The highest BCUT2D eigenvalue weighted by molar-refractivity contribution is 9.10. The minimum Gasteiger partial charge on any atom is -0.310 e. The van der Waals surface area contributed by atoms with E-state index in [-0.39, 0.29) is 11.4 Å². The predicted octanol–water partition coefficient (Wildman–Crippen LogP) is 3.86. The molecule has 0 atom stereocenters. The molecule has 1 N–H and O–H groups in total. The van der Waals surface area contributed by atoms with Gasteiger partial charge >= 0.3 is 0 Å². The van der Waals surface area contributed by atoms with E-state index in [4.69, 9.17) is 0 Å². The second-order valence-corrected chi connectivity index (χ2v) is 8.88. The number of hydrogen-bond acceptors (Lipinski definition) is 4. The molecular formula is C23H26BrFN4O. The van der Waals surface area contributed by atoms with Gasteiger partial charge in [0.15, 0.2) is 0 Å². The molecule has 0 unspecified atom stereocenters. The molecule has 0 amide bonds. The van der Waals surface area contributed by atoms with Crippen LogP contribution < -0.4 is 10.9 Å². The molecule has 0 aliphatic carbocycles. The van der Waals surface area contributed by atoms with Gasteiger partial charge in [-0.15, -0.1) is 0 Å².